The normalized spacial score (nSPS) is 14.3. The van der Waals surface area contributed by atoms with Crippen molar-refractivity contribution in [2.75, 3.05) is 44.6 Å². The van der Waals surface area contributed by atoms with E-state index in [-0.39, 0.29) is 30.2 Å². The first kappa shape index (κ1) is 44.4. The van der Waals surface area contributed by atoms with Gasteiger partial charge in [-0.1, -0.05) is 25.3 Å². The smallest absolute Gasteiger partial charge is 0.490 e. The third-order valence-electron chi connectivity index (χ3n) is 7.78. The van der Waals surface area contributed by atoms with Gasteiger partial charge in [0.1, 0.15) is 23.1 Å². The molecule has 4 rings (SSSR count). The number of amides is 2. The van der Waals surface area contributed by atoms with E-state index in [1.807, 2.05) is 4.90 Å². The first-order valence-corrected chi connectivity index (χ1v) is 16.3. The summed E-state index contributed by atoms with van der Waals surface area (Å²) in [5.74, 6) is -6.37. The minimum absolute atomic E-state index is 0.0197. The number of rotatable bonds is 13. The second-order valence-electron chi connectivity index (χ2n) is 11.8. The average molecular weight is 773 g/mol. The summed E-state index contributed by atoms with van der Waals surface area (Å²) < 4.78 is 95.7. The highest BCUT2D eigenvalue weighted by Crippen LogP contribution is 2.39. The maximum atomic E-state index is 13.4. The van der Waals surface area contributed by atoms with E-state index in [1.54, 1.807) is 12.1 Å². The standard InChI is InChI=1S/C29H38F2N4O4.2C2HF3O2/c30-22-16-20(17-23(31)18-22)8-11-32-13-10-27(38)35(24-4-2-1-3-5-24)15-14-33-12-9-21-6-7-25(36)28-29(21)39-19-26(37)34-28;2*3-2(4,5)1(6)7/h6-7,16-18,24,32-33,36H,1-5,8-15,19H2,(H,34,37);2*(H,6,7). The van der Waals surface area contributed by atoms with Crippen LogP contribution in [0, 0.1) is 11.6 Å². The predicted octanol–water partition coefficient (Wildman–Crippen LogP) is 4.78. The number of alkyl halides is 6. The van der Waals surface area contributed by atoms with Crippen LogP contribution >= 0.6 is 0 Å². The van der Waals surface area contributed by atoms with E-state index in [2.05, 4.69) is 16.0 Å². The summed E-state index contributed by atoms with van der Waals surface area (Å²) in [6, 6.07) is 7.12. The molecule has 0 spiro atoms. The van der Waals surface area contributed by atoms with Crippen molar-refractivity contribution in [3.05, 3.63) is 53.1 Å². The van der Waals surface area contributed by atoms with Gasteiger partial charge in [0.15, 0.2) is 12.4 Å². The molecule has 1 heterocycles. The Bertz CT molecular complexity index is 1490. The minimum Gasteiger partial charge on any atom is -0.506 e. The van der Waals surface area contributed by atoms with Crippen LogP contribution in [0.15, 0.2) is 30.3 Å². The number of hydrogen-bond acceptors (Lipinski definition) is 8. The number of phenolic OH excluding ortho intramolecular Hbond substituents is 1. The highest BCUT2D eigenvalue weighted by Gasteiger charge is 2.39. The Labute approximate surface area is 298 Å². The van der Waals surface area contributed by atoms with Crippen LogP contribution in [0.25, 0.3) is 0 Å². The second-order valence-corrected chi connectivity index (χ2v) is 11.8. The van der Waals surface area contributed by atoms with Crippen LogP contribution in [0.1, 0.15) is 49.7 Å². The van der Waals surface area contributed by atoms with Gasteiger partial charge in [-0.05, 0) is 68.1 Å². The third-order valence-corrected chi connectivity index (χ3v) is 7.78. The van der Waals surface area contributed by atoms with Gasteiger partial charge < -0.3 is 40.9 Å². The number of carbonyl (C=O) groups excluding carboxylic acids is 2. The number of carbonyl (C=O) groups is 4. The van der Waals surface area contributed by atoms with Gasteiger partial charge in [0, 0.05) is 38.2 Å². The van der Waals surface area contributed by atoms with Crippen molar-refractivity contribution in [1.29, 1.82) is 0 Å². The minimum atomic E-state index is -5.08. The van der Waals surface area contributed by atoms with E-state index in [4.69, 9.17) is 24.5 Å². The summed E-state index contributed by atoms with van der Waals surface area (Å²) in [6.45, 7) is 2.90. The fourth-order valence-electron chi connectivity index (χ4n) is 5.31. The molecule has 2 aromatic carbocycles. The predicted molar refractivity (Wildman–Crippen MR) is 172 cm³/mol. The molecule has 0 saturated heterocycles. The lowest BCUT2D eigenvalue weighted by Crippen LogP contribution is -2.45. The molecule has 1 aliphatic heterocycles. The molecule has 296 valence electrons. The van der Waals surface area contributed by atoms with E-state index >= 15 is 0 Å². The molecule has 0 radical (unpaired) electrons. The molecule has 0 atom stereocenters. The fraction of sp³-hybridized carbons (Fsp3) is 0.515. The summed E-state index contributed by atoms with van der Waals surface area (Å²) in [6.07, 6.45) is -3.15. The van der Waals surface area contributed by atoms with Crippen molar-refractivity contribution in [3.8, 4) is 11.5 Å². The summed E-state index contributed by atoms with van der Waals surface area (Å²) >= 11 is 0. The molecule has 12 nitrogen and oxygen atoms in total. The van der Waals surface area contributed by atoms with Gasteiger partial charge in [0.25, 0.3) is 5.91 Å². The van der Waals surface area contributed by atoms with Crippen LogP contribution in [0.3, 0.4) is 0 Å². The lowest BCUT2D eigenvalue weighted by atomic mass is 9.94. The quantitative estimate of drug-likeness (QED) is 0.0944. The zero-order chi connectivity index (χ0) is 39.8. The zero-order valence-corrected chi connectivity index (χ0v) is 28.2. The Morgan fingerprint density at radius 1 is 0.830 bits per heavy atom. The Morgan fingerprint density at radius 2 is 1.38 bits per heavy atom. The number of ether oxygens (including phenoxy) is 1. The molecule has 2 aliphatic rings. The van der Waals surface area contributed by atoms with E-state index in [0.29, 0.717) is 69.0 Å². The van der Waals surface area contributed by atoms with Crippen LogP contribution in [-0.4, -0.2) is 102 Å². The number of halogens is 8. The van der Waals surface area contributed by atoms with Crippen LogP contribution < -0.4 is 20.7 Å². The van der Waals surface area contributed by atoms with Gasteiger partial charge in [-0.3, -0.25) is 9.59 Å². The van der Waals surface area contributed by atoms with Crippen LogP contribution in [0.5, 0.6) is 11.5 Å². The van der Waals surface area contributed by atoms with Crippen LogP contribution in [0.2, 0.25) is 0 Å². The number of carboxylic acids is 2. The molecule has 1 fully saturated rings. The number of aliphatic carboxylic acids is 2. The van der Waals surface area contributed by atoms with Crippen molar-refractivity contribution < 1.29 is 74.4 Å². The molecule has 2 amide bonds. The number of nitrogens with zero attached hydrogens (tertiary/aromatic N) is 1. The lowest BCUT2D eigenvalue weighted by Gasteiger charge is -2.34. The van der Waals surface area contributed by atoms with Gasteiger partial charge in [-0.25, -0.2) is 18.4 Å². The van der Waals surface area contributed by atoms with Crippen LogP contribution in [-0.2, 0) is 32.0 Å². The van der Waals surface area contributed by atoms with Gasteiger partial charge in [-0.2, -0.15) is 26.3 Å². The zero-order valence-electron chi connectivity index (χ0n) is 28.2. The third kappa shape index (κ3) is 16.2. The second kappa shape index (κ2) is 21.1. The largest absolute Gasteiger partial charge is 0.506 e. The molecule has 20 heteroatoms. The Hall–Kier alpha value is -4.72. The van der Waals surface area contributed by atoms with Gasteiger partial charge in [-0.15, -0.1) is 0 Å². The van der Waals surface area contributed by atoms with Gasteiger partial charge in [0.2, 0.25) is 5.91 Å². The topological polar surface area (TPSA) is 178 Å². The number of anilines is 1. The number of benzene rings is 2. The SMILES string of the molecule is O=C(O)C(F)(F)F.O=C(O)C(F)(F)F.O=C1COc2c(CCNCCN(C(=O)CCNCCc3cc(F)cc(F)c3)C3CCCCC3)ccc(O)c2N1. The summed E-state index contributed by atoms with van der Waals surface area (Å²) in [4.78, 5) is 44.6. The lowest BCUT2D eigenvalue weighted by molar-refractivity contribution is -0.193. The number of phenols is 1. The molecule has 53 heavy (non-hydrogen) atoms. The first-order valence-electron chi connectivity index (χ1n) is 16.3. The van der Waals surface area contributed by atoms with Crippen LogP contribution in [0.4, 0.5) is 40.8 Å². The molecule has 0 unspecified atom stereocenters. The van der Waals surface area contributed by atoms with E-state index in [0.717, 1.165) is 37.3 Å². The highest BCUT2D eigenvalue weighted by atomic mass is 19.4. The molecule has 1 saturated carbocycles. The Balaban J connectivity index is 0.000000587. The monoisotopic (exact) mass is 772 g/mol. The molecule has 0 aromatic heterocycles. The molecule has 1 aliphatic carbocycles. The van der Waals surface area contributed by atoms with Crippen molar-refractivity contribution in [2.45, 2.75) is 69.8 Å². The average Bonchev–Trinajstić information content (AvgIpc) is 3.07. The number of nitrogens with one attached hydrogen (secondary N) is 3. The molecular formula is C33H40F8N4O8. The van der Waals surface area contributed by atoms with Crippen molar-refractivity contribution in [1.82, 2.24) is 15.5 Å². The van der Waals surface area contributed by atoms with Gasteiger partial charge >= 0.3 is 24.3 Å². The van der Waals surface area contributed by atoms with E-state index in [1.165, 1.54) is 18.6 Å². The fourth-order valence-corrected chi connectivity index (χ4v) is 5.31. The van der Waals surface area contributed by atoms with E-state index in [9.17, 15) is 49.8 Å². The van der Waals surface area contributed by atoms with E-state index < -0.39 is 35.9 Å². The number of fused-ring (bicyclic) bond motifs is 1. The molecule has 6 N–H and O–H groups in total. The van der Waals surface area contributed by atoms with Crippen molar-refractivity contribution >= 4 is 29.4 Å². The van der Waals surface area contributed by atoms with Crippen molar-refractivity contribution in [2.24, 2.45) is 0 Å². The summed E-state index contributed by atoms with van der Waals surface area (Å²) in [5, 5.41) is 33.6. The molecular weight excluding hydrogens is 732 g/mol. The first-order chi connectivity index (χ1) is 24.8. The van der Waals surface area contributed by atoms with Gasteiger partial charge in [0.05, 0.1) is 0 Å². The molecule has 2 aromatic rings. The number of carboxylic acid groups (broad SMARTS) is 2. The maximum Gasteiger partial charge on any atom is 0.490 e. The van der Waals surface area contributed by atoms with Crippen molar-refractivity contribution in [3.63, 3.8) is 0 Å². The highest BCUT2D eigenvalue weighted by molar-refractivity contribution is 5.97. The number of hydrogen-bond donors (Lipinski definition) is 6. The summed E-state index contributed by atoms with van der Waals surface area (Å²) in [5.41, 5.74) is 1.79. The Morgan fingerprint density at radius 3 is 1.94 bits per heavy atom. The molecule has 0 bridgehead atoms. The maximum absolute atomic E-state index is 13.4. The summed E-state index contributed by atoms with van der Waals surface area (Å²) in [7, 11) is 0. The Kier molecular flexibility index (Phi) is 17.7. The number of aromatic hydroxyl groups is 1.